The quantitative estimate of drug-likeness (QED) is 0.0769. The summed E-state index contributed by atoms with van der Waals surface area (Å²) in [6.07, 6.45) is 0.695. The molecule has 1 aliphatic rings. The largest absolute Gasteiger partial charge is 0.489 e. The Morgan fingerprint density at radius 1 is 1.05 bits per heavy atom. The zero-order chi connectivity index (χ0) is 47.0. The third kappa shape index (κ3) is 15.0. The second-order valence-electron chi connectivity index (χ2n) is 16.6. The van der Waals surface area contributed by atoms with E-state index in [1.165, 1.54) is 26.9 Å². The summed E-state index contributed by atoms with van der Waals surface area (Å²) in [7, 11) is 1.51. The van der Waals surface area contributed by atoms with Gasteiger partial charge in [-0.05, 0) is 62.1 Å². The fraction of sp³-hybridized carbons (Fsp3) is 0.476. The van der Waals surface area contributed by atoms with Crippen LogP contribution in [-0.4, -0.2) is 88.9 Å². The van der Waals surface area contributed by atoms with Crippen molar-refractivity contribution in [1.82, 2.24) is 14.8 Å². The summed E-state index contributed by atoms with van der Waals surface area (Å²) in [4.78, 5) is 47.6. The Labute approximate surface area is 371 Å². The molecule has 3 atom stereocenters. The van der Waals surface area contributed by atoms with Crippen LogP contribution >= 0.6 is 30.6 Å². The highest BCUT2D eigenvalue weighted by Crippen LogP contribution is 2.46. The topological polar surface area (TPSA) is 227 Å². The molecule has 4 aromatic rings. The first-order valence-corrected chi connectivity index (χ1v) is 22.4. The molecule has 0 saturated heterocycles. The van der Waals surface area contributed by atoms with Gasteiger partial charge in [0.1, 0.15) is 29.0 Å². The number of carbonyl (C=O) groups excluding carboxylic acids is 1. The van der Waals surface area contributed by atoms with Crippen LogP contribution in [0.4, 0.5) is 10.5 Å². The number of carbonyl (C=O) groups is 2. The molecule has 2 heterocycles. The Hall–Kier alpha value is -4.61. The summed E-state index contributed by atoms with van der Waals surface area (Å²) >= 11 is 12.3. The molecule has 0 fully saturated rings. The number of rotatable bonds is 12. The molecule has 0 bridgehead atoms. The number of aromatic nitrogens is 2. The fourth-order valence-electron chi connectivity index (χ4n) is 5.78. The number of nitrogens with zero attached hydrogens (tertiary/aromatic N) is 3. The monoisotopic (exact) mass is 925 g/mol. The van der Waals surface area contributed by atoms with E-state index in [0.29, 0.717) is 39.5 Å². The van der Waals surface area contributed by atoms with Gasteiger partial charge in [0.25, 0.3) is 0 Å². The van der Waals surface area contributed by atoms with Crippen molar-refractivity contribution in [1.29, 1.82) is 0 Å². The smallest absolute Gasteiger partial charge is 0.442 e. The molecule has 342 valence electrons. The highest BCUT2D eigenvalue weighted by Gasteiger charge is 2.42. The number of carboxylic acid groups (broad SMARTS) is 1. The number of aliphatic carboxylic acids is 1. The predicted octanol–water partition coefficient (Wildman–Crippen LogP) is 8.83. The molecule has 20 heteroatoms. The van der Waals surface area contributed by atoms with Crippen molar-refractivity contribution in [3.63, 3.8) is 0 Å². The molecule has 0 aliphatic carbocycles. The van der Waals surface area contributed by atoms with Crippen LogP contribution in [0, 0.1) is 0 Å². The Kier molecular flexibility index (Phi) is 17.7. The van der Waals surface area contributed by atoms with Crippen molar-refractivity contribution in [3.05, 3.63) is 86.6 Å². The van der Waals surface area contributed by atoms with Gasteiger partial charge in [-0.25, -0.2) is 14.7 Å². The average molecular weight is 927 g/mol. The van der Waals surface area contributed by atoms with Crippen molar-refractivity contribution in [3.8, 4) is 28.7 Å². The first kappa shape index (κ1) is 51.7. The Balaban J connectivity index is 0.000000274. The van der Waals surface area contributed by atoms with Gasteiger partial charge in [0, 0.05) is 69.1 Å². The number of fused-ring (bicyclic) bond motifs is 1. The van der Waals surface area contributed by atoms with Crippen molar-refractivity contribution < 1.29 is 52.4 Å². The van der Waals surface area contributed by atoms with Gasteiger partial charge < -0.3 is 44.4 Å². The lowest BCUT2D eigenvalue weighted by Gasteiger charge is -2.43. The number of halogens is 2. The van der Waals surface area contributed by atoms with Crippen LogP contribution in [0.2, 0.25) is 10.0 Å². The molecule has 3 aromatic carbocycles. The van der Waals surface area contributed by atoms with E-state index in [9.17, 15) is 18.9 Å². The average Bonchev–Trinajstić information content (AvgIpc) is 3.56. The van der Waals surface area contributed by atoms with Crippen molar-refractivity contribution in [2.45, 2.75) is 97.0 Å². The summed E-state index contributed by atoms with van der Waals surface area (Å²) < 4.78 is 40.3. The molecule has 2 amide bonds. The summed E-state index contributed by atoms with van der Waals surface area (Å²) in [5.41, 5.74) is 6.75. The van der Waals surface area contributed by atoms with Gasteiger partial charge in [-0.15, -0.1) is 5.10 Å². The molecule has 1 aromatic heterocycles. The first-order chi connectivity index (χ1) is 28.6. The molecule has 5 rings (SSSR count). The maximum Gasteiger partial charge on any atom is 0.442 e. The van der Waals surface area contributed by atoms with Crippen LogP contribution in [0.25, 0.3) is 5.69 Å². The van der Waals surface area contributed by atoms with E-state index < -0.39 is 30.9 Å². The van der Waals surface area contributed by atoms with E-state index in [-0.39, 0.29) is 40.6 Å². The van der Waals surface area contributed by atoms with Crippen LogP contribution in [0.15, 0.2) is 63.8 Å². The Morgan fingerprint density at radius 2 is 1.66 bits per heavy atom. The van der Waals surface area contributed by atoms with Crippen LogP contribution in [0.5, 0.6) is 23.0 Å². The third-order valence-corrected chi connectivity index (χ3v) is 10.7. The van der Waals surface area contributed by atoms with Gasteiger partial charge in [-0.3, -0.25) is 14.2 Å². The van der Waals surface area contributed by atoms with Gasteiger partial charge in [-0.1, -0.05) is 63.9 Å². The van der Waals surface area contributed by atoms with Crippen LogP contribution < -0.4 is 31.0 Å². The standard InChI is InChI=1S/C22H28N2O5.C15H18Cl2N2O3.C5H12NO4P/c1-21(2)14-22(3,26-5)29-19-13-17(11-12-18(19)21)28-16-9-7-15(8-10-16)23-20(25)24(4)27-6;1-8(2)21-12-7-11(9(16)6-10(12)17)19-14(20)22-13(18-19)15(3,4)5;1-11(9,10)3-2-4(6)5(7)8/h7-13H,14H2,1-6H3,(H,23,25);6-8H,1-5H3;4H,2-3,6H2,1H3,(H,7,8)(H,9,10). The predicted molar refractivity (Wildman–Crippen MR) is 238 cm³/mol. The minimum Gasteiger partial charge on any atom is -0.489 e. The van der Waals surface area contributed by atoms with E-state index in [1.807, 2.05) is 59.7 Å². The van der Waals surface area contributed by atoms with E-state index in [1.54, 1.807) is 37.4 Å². The van der Waals surface area contributed by atoms with Gasteiger partial charge in [0.2, 0.25) is 11.7 Å². The highest BCUT2D eigenvalue weighted by atomic mass is 35.5. The number of urea groups is 1. The number of carboxylic acids is 1. The normalized spacial score (nSPS) is 16.8. The maximum absolute atomic E-state index is 12.1. The van der Waals surface area contributed by atoms with Crippen molar-refractivity contribution >= 4 is 48.3 Å². The molecule has 0 spiro atoms. The lowest BCUT2D eigenvalue weighted by atomic mass is 9.76. The summed E-state index contributed by atoms with van der Waals surface area (Å²) in [5, 5.41) is 17.0. The van der Waals surface area contributed by atoms with Crippen LogP contribution in [0.3, 0.4) is 0 Å². The molecule has 0 saturated carbocycles. The third-order valence-electron chi connectivity index (χ3n) is 9.06. The summed E-state index contributed by atoms with van der Waals surface area (Å²) in [5.74, 6) is 0.406. The highest BCUT2D eigenvalue weighted by molar-refractivity contribution is 7.57. The Bertz CT molecular complexity index is 2270. The fourth-order valence-corrected chi connectivity index (χ4v) is 7.04. The summed E-state index contributed by atoms with van der Waals surface area (Å²) in [6.45, 7) is 17.0. The number of nitrogens with two attached hydrogens (primary N) is 1. The number of hydrogen-bond donors (Lipinski definition) is 4. The van der Waals surface area contributed by atoms with Crippen LogP contribution in [-0.2, 0) is 29.8 Å². The number of nitrogens with one attached hydrogen (secondary N) is 1. The van der Waals surface area contributed by atoms with Gasteiger partial charge in [0.05, 0.1) is 28.9 Å². The zero-order valence-electron chi connectivity index (χ0n) is 37.1. The number of amides is 2. The van der Waals surface area contributed by atoms with Gasteiger partial charge in [-0.2, -0.15) is 4.68 Å². The van der Waals surface area contributed by atoms with Gasteiger partial charge >= 0.3 is 17.8 Å². The van der Waals surface area contributed by atoms with Crippen molar-refractivity contribution in [2.24, 2.45) is 5.73 Å². The minimum atomic E-state index is -3.10. The van der Waals surface area contributed by atoms with E-state index >= 15 is 0 Å². The number of ether oxygens (including phenoxy) is 4. The maximum atomic E-state index is 12.1. The lowest BCUT2D eigenvalue weighted by molar-refractivity contribution is -0.172. The second kappa shape index (κ2) is 21.2. The number of anilines is 1. The molecule has 0 radical (unpaired) electrons. The van der Waals surface area contributed by atoms with E-state index in [2.05, 4.69) is 24.3 Å². The molecule has 3 unspecified atom stereocenters. The number of hydrogen-bond acceptors (Lipinski definition) is 12. The van der Waals surface area contributed by atoms with E-state index in [0.717, 1.165) is 27.5 Å². The van der Waals surface area contributed by atoms with Gasteiger partial charge in [0.15, 0.2) is 7.37 Å². The molecule has 1 aliphatic heterocycles. The van der Waals surface area contributed by atoms with Crippen molar-refractivity contribution in [2.75, 3.05) is 39.4 Å². The molecule has 17 nitrogen and oxygen atoms in total. The van der Waals surface area contributed by atoms with Crippen LogP contribution in [0.1, 0.15) is 79.7 Å². The zero-order valence-corrected chi connectivity index (χ0v) is 39.5. The number of methoxy groups -OCH3 is 1. The minimum absolute atomic E-state index is 0.0412. The molecule has 62 heavy (non-hydrogen) atoms. The molecular formula is C42H58Cl2N5O12P. The number of benzene rings is 3. The number of hydroxylamine groups is 2. The molecular weight excluding hydrogens is 868 g/mol. The SMILES string of the molecule is CC(C)Oc1cc(-n2nc(C(C)(C)C)oc2=O)c(Cl)cc1Cl.CON(C)C(=O)Nc1ccc(Oc2ccc3c(c2)OC(C)(OC)CC3(C)C)cc1.CP(=O)(O)CCC(N)C(=O)O. The lowest BCUT2D eigenvalue weighted by Crippen LogP contribution is -2.45. The Morgan fingerprint density at radius 3 is 2.18 bits per heavy atom. The van der Waals surface area contributed by atoms with E-state index in [4.69, 9.17) is 67.1 Å². The first-order valence-electron chi connectivity index (χ1n) is 19.4. The molecule has 5 N–H and O–H groups in total. The summed E-state index contributed by atoms with van der Waals surface area (Å²) in [6, 6.07) is 14.7. The second-order valence-corrected chi connectivity index (χ2v) is 20.0.